The van der Waals surface area contributed by atoms with Crippen LogP contribution in [0.5, 0.6) is 0 Å². The van der Waals surface area contributed by atoms with Gasteiger partial charge in [-0.25, -0.2) is 9.55 Å². The summed E-state index contributed by atoms with van der Waals surface area (Å²) in [6.45, 7) is 1.56. The number of nitriles is 1. The van der Waals surface area contributed by atoms with Crippen molar-refractivity contribution in [1.82, 2.24) is 4.98 Å². The maximum absolute atomic E-state index is 9.70. The van der Waals surface area contributed by atoms with E-state index >= 15 is 0 Å². The molecule has 0 aliphatic heterocycles. The molecule has 1 heterocycles. The van der Waals surface area contributed by atoms with Crippen LogP contribution in [-0.2, 0) is 9.09 Å². The van der Waals surface area contributed by atoms with Crippen LogP contribution in [0.4, 0.5) is 0 Å². The molecular weight excluding hydrogens is 219 g/mol. The van der Waals surface area contributed by atoms with Gasteiger partial charge in [-0.05, 0) is 19.1 Å². The van der Waals surface area contributed by atoms with Gasteiger partial charge in [-0.2, -0.15) is 5.26 Å². The molecule has 0 unspecified atom stereocenters. The Morgan fingerprint density at radius 3 is 2.47 bits per heavy atom. The van der Waals surface area contributed by atoms with E-state index in [1.54, 1.807) is 24.4 Å². The summed E-state index contributed by atoms with van der Waals surface area (Å²) >= 11 is 0. The van der Waals surface area contributed by atoms with Crippen molar-refractivity contribution in [3.8, 4) is 6.07 Å². The number of hydrogen-bond acceptors (Lipinski definition) is 4. The Kier molecular flexibility index (Phi) is 6.50. The fourth-order valence-electron chi connectivity index (χ4n) is 0.597. The molecule has 1 aromatic heterocycles. The summed E-state index contributed by atoms with van der Waals surface area (Å²) in [4.78, 5) is 19.5. The monoisotopic (exact) mass is 230 g/mol. The van der Waals surface area contributed by atoms with Crippen molar-refractivity contribution in [3.05, 3.63) is 30.1 Å². The van der Waals surface area contributed by atoms with E-state index in [1.807, 2.05) is 6.07 Å². The lowest BCUT2D eigenvalue weighted by Gasteiger charge is -1.98. The molecule has 0 amide bonds. The largest absolute Gasteiger partial charge is 0.469 e. The molecule has 0 radical (unpaired) electrons. The Morgan fingerprint density at radius 2 is 2.27 bits per heavy atom. The van der Waals surface area contributed by atoms with Crippen LogP contribution in [0.2, 0.25) is 0 Å². The molecule has 0 atom stereocenters. The van der Waals surface area contributed by atoms with Gasteiger partial charge in [0.1, 0.15) is 11.8 Å². The Hall–Kier alpha value is -1.25. The molecule has 7 heteroatoms. The number of aromatic nitrogens is 1. The van der Waals surface area contributed by atoms with Crippen molar-refractivity contribution >= 4 is 7.82 Å². The summed E-state index contributed by atoms with van der Waals surface area (Å²) in [6.07, 6.45) is 1.60. The molecule has 0 aromatic carbocycles. The second-order valence-electron chi connectivity index (χ2n) is 2.24. The zero-order valence-electron chi connectivity index (χ0n) is 8.07. The third-order valence-corrected chi connectivity index (χ3v) is 1.67. The zero-order valence-corrected chi connectivity index (χ0v) is 8.96. The Labute approximate surface area is 87.4 Å². The average molecular weight is 230 g/mol. The van der Waals surface area contributed by atoms with Crippen LogP contribution in [-0.4, -0.2) is 21.4 Å². The minimum absolute atomic E-state index is 0.0459. The average Bonchev–Trinajstić information content (AvgIpc) is 2.18. The second kappa shape index (κ2) is 7.10. The molecule has 1 aromatic rings. The van der Waals surface area contributed by atoms with Crippen LogP contribution in [0.15, 0.2) is 24.4 Å². The molecule has 1 rings (SSSR count). The summed E-state index contributed by atoms with van der Waals surface area (Å²) in [5, 5.41) is 8.23. The van der Waals surface area contributed by atoms with Crippen molar-refractivity contribution in [2.75, 3.05) is 6.61 Å². The maximum atomic E-state index is 9.70. The molecular formula is C8H11N2O4P. The van der Waals surface area contributed by atoms with E-state index in [4.69, 9.17) is 15.0 Å². The molecule has 0 bridgehead atoms. The van der Waals surface area contributed by atoms with Gasteiger partial charge in [-0.1, -0.05) is 6.07 Å². The highest BCUT2D eigenvalue weighted by molar-refractivity contribution is 7.46. The van der Waals surface area contributed by atoms with E-state index < -0.39 is 7.82 Å². The van der Waals surface area contributed by atoms with Crippen molar-refractivity contribution in [2.45, 2.75) is 6.92 Å². The quantitative estimate of drug-likeness (QED) is 0.736. The third-order valence-electron chi connectivity index (χ3n) is 1.08. The highest BCUT2D eigenvalue weighted by Crippen LogP contribution is 2.34. The summed E-state index contributed by atoms with van der Waals surface area (Å²) in [5.74, 6) is 0. The van der Waals surface area contributed by atoms with E-state index in [0.29, 0.717) is 5.69 Å². The first kappa shape index (κ1) is 13.8. The van der Waals surface area contributed by atoms with E-state index in [2.05, 4.69) is 9.51 Å². The van der Waals surface area contributed by atoms with Gasteiger partial charge in [0.15, 0.2) is 0 Å². The Bertz CT molecular complexity index is 357. The molecule has 15 heavy (non-hydrogen) atoms. The van der Waals surface area contributed by atoms with Crippen molar-refractivity contribution in [1.29, 1.82) is 5.26 Å². The van der Waals surface area contributed by atoms with Gasteiger partial charge >= 0.3 is 7.82 Å². The standard InChI is InChI=1S/C6H4N2.C2H7O4P/c7-5-6-3-1-2-4-8-6;1-2-6-7(3,4)5/h1-4H;2H2,1H3,(H2,3,4,5). The van der Waals surface area contributed by atoms with Crippen LogP contribution in [0.3, 0.4) is 0 Å². The highest BCUT2D eigenvalue weighted by Gasteiger charge is 2.10. The van der Waals surface area contributed by atoms with Crippen LogP contribution in [0.25, 0.3) is 0 Å². The molecule has 2 N–H and O–H groups in total. The SMILES string of the molecule is CCOP(=O)(O)O.N#Cc1ccccn1. The van der Waals surface area contributed by atoms with E-state index in [-0.39, 0.29) is 6.61 Å². The summed E-state index contributed by atoms with van der Waals surface area (Å²) in [7, 11) is -4.17. The lowest BCUT2D eigenvalue weighted by atomic mass is 10.4. The first-order chi connectivity index (χ1) is 6.99. The van der Waals surface area contributed by atoms with Crippen LogP contribution in [0.1, 0.15) is 12.6 Å². The van der Waals surface area contributed by atoms with Gasteiger partial charge in [0.05, 0.1) is 6.61 Å². The van der Waals surface area contributed by atoms with Gasteiger partial charge < -0.3 is 9.79 Å². The molecule has 0 fully saturated rings. The first-order valence-electron chi connectivity index (χ1n) is 4.01. The fourth-order valence-corrected chi connectivity index (χ4v) is 0.933. The third kappa shape index (κ3) is 9.06. The molecule has 0 saturated heterocycles. The van der Waals surface area contributed by atoms with Crippen molar-refractivity contribution in [3.63, 3.8) is 0 Å². The van der Waals surface area contributed by atoms with Crippen LogP contribution >= 0.6 is 7.82 Å². The number of hydrogen-bond donors (Lipinski definition) is 2. The van der Waals surface area contributed by atoms with Crippen molar-refractivity contribution in [2.24, 2.45) is 0 Å². The lowest BCUT2D eigenvalue weighted by Crippen LogP contribution is -1.84. The number of pyridine rings is 1. The van der Waals surface area contributed by atoms with Crippen LogP contribution in [0, 0.1) is 11.3 Å². The van der Waals surface area contributed by atoms with E-state index in [1.165, 1.54) is 6.92 Å². The van der Waals surface area contributed by atoms with Gasteiger partial charge in [0.2, 0.25) is 0 Å². The normalized spacial score (nSPS) is 9.73. The maximum Gasteiger partial charge on any atom is 0.469 e. The van der Waals surface area contributed by atoms with Gasteiger partial charge in [-0.15, -0.1) is 0 Å². The fraction of sp³-hybridized carbons (Fsp3) is 0.250. The van der Waals surface area contributed by atoms with Crippen LogP contribution < -0.4 is 0 Å². The smallest absolute Gasteiger partial charge is 0.303 e. The topological polar surface area (TPSA) is 103 Å². The minimum Gasteiger partial charge on any atom is -0.303 e. The molecule has 6 nitrogen and oxygen atoms in total. The second-order valence-corrected chi connectivity index (χ2v) is 3.47. The summed E-state index contributed by atoms with van der Waals surface area (Å²) < 4.78 is 13.6. The first-order valence-corrected chi connectivity index (χ1v) is 5.54. The highest BCUT2D eigenvalue weighted by atomic mass is 31.2. The van der Waals surface area contributed by atoms with E-state index in [9.17, 15) is 4.57 Å². The lowest BCUT2D eigenvalue weighted by molar-refractivity contribution is 0.206. The molecule has 0 aliphatic carbocycles. The summed E-state index contributed by atoms with van der Waals surface area (Å²) in [6, 6.07) is 7.14. The van der Waals surface area contributed by atoms with Crippen molar-refractivity contribution < 1.29 is 18.9 Å². The number of phosphoric acid groups is 1. The van der Waals surface area contributed by atoms with E-state index in [0.717, 1.165) is 0 Å². The summed E-state index contributed by atoms with van der Waals surface area (Å²) in [5.41, 5.74) is 0.465. The zero-order chi connectivity index (χ0) is 11.7. The van der Waals surface area contributed by atoms with Gasteiger partial charge in [0, 0.05) is 6.20 Å². The molecule has 0 spiro atoms. The minimum atomic E-state index is -4.17. The predicted molar refractivity (Wildman–Crippen MR) is 52.6 cm³/mol. The predicted octanol–water partition coefficient (Wildman–Crippen LogP) is 1.07. The number of rotatable bonds is 2. The van der Waals surface area contributed by atoms with Gasteiger partial charge in [-0.3, -0.25) is 4.52 Å². The van der Waals surface area contributed by atoms with Gasteiger partial charge in [0.25, 0.3) is 0 Å². The number of nitrogens with zero attached hydrogens (tertiary/aromatic N) is 2. The Morgan fingerprint density at radius 1 is 1.60 bits per heavy atom. The number of phosphoric ester groups is 1. The Balaban J connectivity index is 0.000000265. The molecule has 82 valence electrons. The molecule has 0 aliphatic rings. The molecule has 0 saturated carbocycles.